The van der Waals surface area contributed by atoms with Gasteiger partial charge in [0.15, 0.2) is 0 Å². The van der Waals surface area contributed by atoms with Gasteiger partial charge < -0.3 is 31.4 Å². The monoisotopic (exact) mass is 426 g/mol. The Morgan fingerprint density at radius 3 is 2.72 bits per heavy atom. The lowest BCUT2D eigenvalue weighted by molar-refractivity contribution is -0.142. The first-order chi connectivity index (χ1) is 13.7. The average molecular weight is 426 g/mol. The van der Waals surface area contributed by atoms with Crippen molar-refractivity contribution in [1.82, 2.24) is 25.5 Å². The van der Waals surface area contributed by atoms with Crippen LogP contribution in [0.4, 0.5) is 0 Å². The summed E-state index contributed by atoms with van der Waals surface area (Å²) in [6.07, 6.45) is 4.41. The zero-order chi connectivity index (χ0) is 21.6. The van der Waals surface area contributed by atoms with Gasteiger partial charge in [0.05, 0.1) is 12.4 Å². The number of carboxylic acids is 1. The number of aromatic nitrogens is 2. The van der Waals surface area contributed by atoms with Gasteiger partial charge in [-0.2, -0.15) is 12.6 Å². The van der Waals surface area contributed by atoms with Gasteiger partial charge in [0.25, 0.3) is 0 Å². The molecule has 11 nitrogen and oxygen atoms in total. The highest BCUT2D eigenvalue weighted by Gasteiger charge is 2.37. The third kappa shape index (κ3) is 5.94. The summed E-state index contributed by atoms with van der Waals surface area (Å²) >= 11 is 4.06. The van der Waals surface area contributed by atoms with Crippen LogP contribution in [0.25, 0.3) is 0 Å². The molecule has 1 aromatic rings. The Hall–Kier alpha value is -2.60. The quantitative estimate of drug-likeness (QED) is 0.255. The molecule has 2 rings (SSSR count). The number of thiol groups is 1. The third-order valence-corrected chi connectivity index (χ3v) is 5.06. The Morgan fingerprint density at radius 2 is 2.14 bits per heavy atom. The summed E-state index contributed by atoms with van der Waals surface area (Å²) in [6, 6.07) is -3.71. The van der Waals surface area contributed by atoms with Crippen LogP contribution in [0.1, 0.15) is 25.5 Å². The van der Waals surface area contributed by atoms with Gasteiger partial charge in [0.2, 0.25) is 17.7 Å². The van der Waals surface area contributed by atoms with Gasteiger partial charge in [0.1, 0.15) is 18.1 Å². The van der Waals surface area contributed by atoms with E-state index in [0.717, 1.165) is 0 Å². The molecule has 0 radical (unpaired) electrons. The first-order valence-corrected chi connectivity index (χ1v) is 9.85. The van der Waals surface area contributed by atoms with Crippen molar-refractivity contribution in [2.75, 3.05) is 12.3 Å². The molecule has 1 fully saturated rings. The molecule has 1 aromatic heterocycles. The van der Waals surface area contributed by atoms with Crippen LogP contribution in [0.3, 0.4) is 0 Å². The fraction of sp³-hybridized carbons (Fsp3) is 0.588. The average Bonchev–Trinajstić information content (AvgIpc) is 3.36. The molecular weight excluding hydrogens is 400 g/mol. The van der Waals surface area contributed by atoms with Crippen molar-refractivity contribution >= 4 is 36.3 Å². The molecule has 6 N–H and O–H groups in total. The van der Waals surface area contributed by atoms with Crippen LogP contribution in [-0.4, -0.2) is 80.1 Å². The van der Waals surface area contributed by atoms with Crippen LogP contribution < -0.4 is 16.4 Å². The molecule has 0 aromatic carbocycles. The van der Waals surface area contributed by atoms with E-state index in [1.54, 1.807) is 6.20 Å². The fourth-order valence-electron chi connectivity index (χ4n) is 3.07. The number of aromatic amines is 1. The van der Waals surface area contributed by atoms with Crippen LogP contribution in [-0.2, 0) is 25.6 Å². The standard InChI is InChI=1S/C17H26N6O5S/c1-9(17(27)28)21-14(24)12(7-29)22-15(25)13-3-2-4-23(13)16(26)11(18)5-10-6-19-8-20-10/h6,8-9,11-13,29H,2-5,7,18H2,1H3,(H,19,20)(H,21,24)(H,22,25)(H,27,28). The van der Waals surface area contributed by atoms with Gasteiger partial charge in [0, 0.05) is 30.6 Å². The summed E-state index contributed by atoms with van der Waals surface area (Å²) in [4.78, 5) is 56.7. The minimum absolute atomic E-state index is 0.0239. The maximum Gasteiger partial charge on any atom is 0.325 e. The van der Waals surface area contributed by atoms with E-state index < -0.39 is 42.0 Å². The first-order valence-electron chi connectivity index (χ1n) is 9.22. The zero-order valence-corrected chi connectivity index (χ0v) is 16.9. The van der Waals surface area contributed by atoms with Crippen LogP contribution in [0, 0.1) is 0 Å². The summed E-state index contributed by atoms with van der Waals surface area (Å²) in [5.74, 6) is -2.73. The van der Waals surface area contributed by atoms with Crippen molar-refractivity contribution in [3.8, 4) is 0 Å². The van der Waals surface area contributed by atoms with Crippen molar-refractivity contribution in [2.24, 2.45) is 5.73 Å². The summed E-state index contributed by atoms with van der Waals surface area (Å²) in [6.45, 7) is 1.71. The van der Waals surface area contributed by atoms with Gasteiger partial charge in [-0.05, 0) is 19.8 Å². The Balaban J connectivity index is 1.98. The lowest BCUT2D eigenvalue weighted by Gasteiger charge is -2.28. The summed E-state index contributed by atoms with van der Waals surface area (Å²) in [5, 5.41) is 13.7. The summed E-state index contributed by atoms with van der Waals surface area (Å²) < 4.78 is 0. The van der Waals surface area contributed by atoms with E-state index in [9.17, 15) is 19.2 Å². The number of hydrogen-bond donors (Lipinski definition) is 6. The van der Waals surface area contributed by atoms with E-state index in [2.05, 4.69) is 33.2 Å². The molecule has 12 heteroatoms. The Kier molecular flexibility index (Phi) is 8.02. The van der Waals surface area contributed by atoms with Crippen molar-refractivity contribution < 1.29 is 24.3 Å². The number of carboxylic acid groups (broad SMARTS) is 1. The van der Waals surface area contributed by atoms with Crippen LogP contribution >= 0.6 is 12.6 Å². The molecule has 1 aliphatic heterocycles. The normalized spacial score (nSPS) is 19.3. The van der Waals surface area contributed by atoms with Gasteiger partial charge >= 0.3 is 5.97 Å². The van der Waals surface area contributed by atoms with Crippen LogP contribution in [0.5, 0.6) is 0 Å². The van der Waals surface area contributed by atoms with Gasteiger partial charge in [-0.15, -0.1) is 0 Å². The topological polar surface area (TPSA) is 171 Å². The maximum atomic E-state index is 12.7. The molecule has 4 atom stereocenters. The highest BCUT2D eigenvalue weighted by molar-refractivity contribution is 7.80. The molecule has 2 heterocycles. The first kappa shape index (κ1) is 22.7. The summed E-state index contributed by atoms with van der Waals surface area (Å²) in [7, 11) is 0. The third-order valence-electron chi connectivity index (χ3n) is 4.70. The Labute approximate surface area is 173 Å². The number of carbonyl (C=O) groups excluding carboxylic acids is 3. The van der Waals surface area contributed by atoms with Gasteiger partial charge in [-0.1, -0.05) is 0 Å². The lowest BCUT2D eigenvalue weighted by Crippen LogP contribution is -2.57. The lowest BCUT2D eigenvalue weighted by atomic mass is 10.1. The molecule has 1 saturated heterocycles. The highest BCUT2D eigenvalue weighted by atomic mass is 32.1. The predicted octanol–water partition coefficient (Wildman–Crippen LogP) is -1.73. The highest BCUT2D eigenvalue weighted by Crippen LogP contribution is 2.19. The van der Waals surface area contributed by atoms with Gasteiger partial charge in [-0.25, -0.2) is 4.98 Å². The van der Waals surface area contributed by atoms with E-state index in [1.807, 2.05) is 0 Å². The molecule has 0 saturated carbocycles. The van der Waals surface area contributed by atoms with E-state index >= 15 is 0 Å². The number of amides is 3. The predicted molar refractivity (Wildman–Crippen MR) is 106 cm³/mol. The van der Waals surface area contributed by atoms with Crippen molar-refractivity contribution in [3.05, 3.63) is 18.2 Å². The molecule has 0 spiro atoms. The van der Waals surface area contributed by atoms with E-state index in [0.29, 0.717) is 25.1 Å². The zero-order valence-electron chi connectivity index (χ0n) is 16.0. The molecule has 160 valence electrons. The number of nitrogens with two attached hydrogens (primary N) is 1. The number of rotatable bonds is 9. The number of imidazole rings is 1. The maximum absolute atomic E-state index is 12.7. The minimum atomic E-state index is -1.19. The van der Waals surface area contributed by atoms with Gasteiger partial charge in [-0.3, -0.25) is 19.2 Å². The molecule has 1 aliphatic rings. The number of nitrogens with one attached hydrogen (secondary N) is 3. The van der Waals surface area contributed by atoms with Crippen molar-refractivity contribution in [1.29, 1.82) is 0 Å². The number of aliphatic carboxylic acids is 1. The Morgan fingerprint density at radius 1 is 1.41 bits per heavy atom. The molecule has 0 aliphatic carbocycles. The van der Waals surface area contributed by atoms with E-state index in [1.165, 1.54) is 18.2 Å². The van der Waals surface area contributed by atoms with E-state index in [-0.39, 0.29) is 18.1 Å². The number of carbonyl (C=O) groups is 4. The van der Waals surface area contributed by atoms with Crippen LogP contribution in [0.2, 0.25) is 0 Å². The molecular formula is C17H26N6O5S. The minimum Gasteiger partial charge on any atom is -0.480 e. The number of hydrogen-bond acceptors (Lipinski definition) is 7. The SMILES string of the molecule is CC(NC(=O)C(CS)NC(=O)C1CCCN1C(=O)C(N)Cc1cnc[nH]1)C(=O)O. The number of H-pyrrole nitrogens is 1. The Bertz CT molecular complexity index is 743. The van der Waals surface area contributed by atoms with Crippen LogP contribution in [0.15, 0.2) is 12.5 Å². The number of nitrogens with zero attached hydrogens (tertiary/aromatic N) is 2. The molecule has 0 bridgehead atoms. The second kappa shape index (κ2) is 10.3. The smallest absolute Gasteiger partial charge is 0.325 e. The molecule has 3 amide bonds. The second-order valence-corrected chi connectivity index (χ2v) is 7.25. The molecule has 4 unspecified atom stereocenters. The fourth-order valence-corrected chi connectivity index (χ4v) is 3.33. The second-order valence-electron chi connectivity index (χ2n) is 6.89. The molecule has 29 heavy (non-hydrogen) atoms. The largest absolute Gasteiger partial charge is 0.480 e. The van der Waals surface area contributed by atoms with Crippen molar-refractivity contribution in [2.45, 2.75) is 50.4 Å². The number of likely N-dealkylation sites (tertiary alicyclic amines) is 1. The summed E-state index contributed by atoms with van der Waals surface area (Å²) in [5.41, 5.74) is 6.72. The van der Waals surface area contributed by atoms with E-state index in [4.69, 9.17) is 10.8 Å². The van der Waals surface area contributed by atoms with Crippen molar-refractivity contribution in [3.63, 3.8) is 0 Å².